The number of hydrogen-bond acceptors (Lipinski definition) is 4. The van der Waals surface area contributed by atoms with Gasteiger partial charge >= 0.3 is 0 Å². The zero-order valence-electron chi connectivity index (χ0n) is 12.5. The van der Waals surface area contributed by atoms with E-state index in [0.29, 0.717) is 31.6 Å². The van der Waals surface area contributed by atoms with Gasteiger partial charge in [0.15, 0.2) is 0 Å². The van der Waals surface area contributed by atoms with Gasteiger partial charge in [0.25, 0.3) is 0 Å². The first kappa shape index (κ1) is 15.3. The van der Waals surface area contributed by atoms with Gasteiger partial charge in [0.05, 0.1) is 0 Å². The van der Waals surface area contributed by atoms with Crippen molar-refractivity contribution in [1.82, 2.24) is 21.3 Å². The Kier molecular flexibility index (Phi) is 4.99. The van der Waals surface area contributed by atoms with Crippen molar-refractivity contribution in [2.45, 2.75) is 44.8 Å². The van der Waals surface area contributed by atoms with Crippen LogP contribution in [0.5, 0.6) is 0 Å². The van der Waals surface area contributed by atoms with Crippen LogP contribution >= 0.6 is 0 Å². The topological polar surface area (TPSA) is 82.3 Å². The number of piperidine rings is 1. The van der Waals surface area contributed by atoms with E-state index in [1.807, 2.05) is 7.05 Å². The Hall–Kier alpha value is -1.14. The molecule has 2 saturated heterocycles. The van der Waals surface area contributed by atoms with Crippen LogP contribution in [0.15, 0.2) is 0 Å². The molecule has 0 aromatic rings. The Morgan fingerprint density at radius 3 is 2.75 bits per heavy atom. The van der Waals surface area contributed by atoms with Gasteiger partial charge in [-0.05, 0) is 13.5 Å². The highest BCUT2D eigenvalue weighted by Gasteiger charge is 2.43. The molecule has 0 spiro atoms. The van der Waals surface area contributed by atoms with Gasteiger partial charge in [-0.15, -0.1) is 0 Å². The van der Waals surface area contributed by atoms with Crippen LogP contribution < -0.4 is 21.3 Å². The summed E-state index contributed by atoms with van der Waals surface area (Å²) in [6.07, 6.45) is 1.27. The van der Waals surface area contributed by atoms with Crippen molar-refractivity contribution in [3.8, 4) is 0 Å². The number of hydrogen-bond donors (Lipinski definition) is 4. The average molecular weight is 282 g/mol. The fraction of sp³-hybridized carbons (Fsp3) is 0.857. The molecule has 2 amide bonds. The largest absolute Gasteiger partial charge is 0.354 e. The molecule has 4 atom stereocenters. The first-order chi connectivity index (χ1) is 9.51. The molecule has 6 heteroatoms. The number of amides is 2. The summed E-state index contributed by atoms with van der Waals surface area (Å²) in [5.41, 5.74) is 0. The number of carbonyl (C=O) groups excluding carboxylic acids is 2. The van der Waals surface area contributed by atoms with Gasteiger partial charge in [0.1, 0.15) is 0 Å². The van der Waals surface area contributed by atoms with Gasteiger partial charge in [0.2, 0.25) is 11.8 Å². The first-order valence-corrected chi connectivity index (χ1v) is 7.49. The second-order valence-corrected chi connectivity index (χ2v) is 6.21. The van der Waals surface area contributed by atoms with Crippen LogP contribution in [0, 0.1) is 11.8 Å². The van der Waals surface area contributed by atoms with E-state index < -0.39 is 0 Å². The molecular formula is C14H26N4O2. The van der Waals surface area contributed by atoms with Crippen molar-refractivity contribution in [1.29, 1.82) is 0 Å². The molecule has 2 aliphatic rings. The molecule has 2 heterocycles. The Bertz CT molecular complexity index is 372. The van der Waals surface area contributed by atoms with E-state index in [0.717, 1.165) is 6.42 Å². The Morgan fingerprint density at radius 1 is 1.35 bits per heavy atom. The maximum atomic E-state index is 12.2. The highest BCUT2D eigenvalue weighted by atomic mass is 16.2. The second kappa shape index (κ2) is 6.54. The van der Waals surface area contributed by atoms with Crippen LogP contribution in [-0.2, 0) is 9.59 Å². The number of nitrogens with one attached hydrogen (secondary N) is 4. The molecule has 6 nitrogen and oxygen atoms in total. The standard InChI is InChI=1S/C14H26N4O2/c1-8(2)17-9-4-11(14(20)16-6-9)10-5-13(19)18-12(10)7-15-3/h8-12,15,17H,4-7H2,1-3H3,(H,16,20)(H,18,19)/t9-,10?,11?,12-/m0/s1. The van der Waals surface area contributed by atoms with Crippen LogP contribution in [0.1, 0.15) is 26.7 Å². The molecule has 2 rings (SSSR count). The molecule has 0 aromatic carbocycles. The van der Waals surface area contributed by atoms with E-state index >= 15 is 0 Å². The summed E-state index contributed by atoms with van der Waals surface area (Å²) in [6.45, 7) is 5.60. The number of likely N-dealkylation sites (N-methyl/N-ethyl adjacent to an activating group) is 1. The van der Waals surface area contributed by atoms with Gasteiger partial charge in [-0.2, -0.15) is 0 Å². The molecule has 0 bridgehead atoms. The molecule has 2 aliphatic heterocycles. The van der Waals surface area contributed by atoms with Crippen molar-refractivity contribution >= 4 is 11.8 Å². The maximum Gasteiger partial charge on any atom is 0.223 e. The van der Waals surface area contributed by atoms with Crippen LogP contribution in [0.25, 0.3) is 0 Å². The van der Waals surface area contributed by atoms with Gasteiger partial charge in [-0.25, -0.2) is 0 Å². The number of carbonyl (C=O) groups is 2. The summed E-state index contributed by atoms with van der Waals surface area (Å²) in [5, 5.41) is 12.5. The number of rotatable bonds is 5. The molecule has 2 fully saturated rings. The third-order valence-corrected chi connectivity index (χ3v) is 4.19. The van der Waals surface area contributed by atoms with Crippen molar-refractivity contribution in [3.05, 3.63) is 0 Å². The fourth-order valence-corrected chi connectivity index (χ4v) is 3.39. The quantitative estimate of drug-likeness (QED) is 0.533. The Morgan fingerprint density at radius 2 is 2.10 bits per heavy atom. The minimum atomic E-state index is -0.0858. The van der Waals surface area contributed by atoms with Gasteiger partial charge < -0.3 is 21.3 Å². The molecule has 0 saturated carbocycles. The van der Waals surface area contributed by atoms with Crippen molar-refractivity contribution in [3.63, 3.8) is 0 Å². The predicted octanol–water partition coefficient (Wildman–Crippen LogP) is -0.787. The molecular weight excluding hydrogens is 256 g/mol. The summed E-state index contributed by atoms with van der Waals surface area (Å²) in [7, 11) is 1.87. The summed E-state index contributed by atoms with van der Waals surface area (Å²) < 4.78 is 0. The lowest BCUT2D eigenvalue weighted by molar-refractivity contribution is -0.129. The van der Waals surface area contributed by atoms with Crippen molar-refractivity contribution in [2.75, 3.05) is 20.1 Å². The van der Waals surface area contributed by atoms with Crippen molar-refractivity contribution in [2.24, 2.45) is 11.8 Å². The Labute approximate surface area is 120 Å². The first-order valence-electron chi connectivity index (χ1n) is 7.49. The zero-order valence-corrected chi connectivity index (χ0v) is 12.5. The van der Waals surface area contributed by atoms with Crippen LogP contribution in [-0.4, -0.2) is 50.1 Å². The minimum absolute atomic E-state index is 0.0565. The predicted molar refractivity (Wildman–Crippen MR) is 77.1 cm³/mol. The molecule has 4 N–H and O–H groups in total. The maximum absolute atomic E-state index is 12.2. The van der Waals surface area contributed by atoms with E-state index in [1.54, 1.807) is 0 Å². The summed E-state index contributed by atoms with van der Waals surface area (Å²) in [5.74, 6) is 0.153. The monoisotopic (exact) mass is 282 g/mol. The lowest BCUT2D eigenvalue weighted by Crippen LogP contribution is -2.55. The second-order valence-electron chi connectivity index (χ2n) is 6.21. The van der Waals surface area contributed by atoms with E-state index in [4.69, 9.17) is 0 Å². The van der Waals surface area contributed by atoms with Crippen LogP contribution in [0.3, 0.4) is 0 Å². The highest BCUT2D eigenvalue weighted by molar-refractivity contribution is 5.84. The van der Waals surface area contributed by atoms with Crippen LogP contribution in [0.4, 0.5) is 0 Å². The van der Waals surface area contributed by atoms with Gasteiger partial charge in [-0.1, -0.05) is 13.8 Å². The smallest absolute Gasteiger partial charge is 0.223 e. The fourth-order valence-electron chi connectivity index (χ4n) is 3.39. The molecule has 0 radical (unpaired) electrons. The zero-order chi connectivity index (χ0) is 14.7. The van der Waals surface area contributed by atoms with Gasteiger partial charge in [-0.3, -0.25) is 9.59 Å². The van der Waals surface area contributed by atoms with Crippen LogP contribution in [0.2, 0.25) is 0 Å². The normalized spacial score (nSPS) is 34.2. The summed E-state index contributed by atoms with van der Waals surface area (Å²) in [6, 6.07) is 0.747. The third-order valence-electron chi connectivity index (χ3n) is 4.19. The summed E-state index contributed by atoms with van der Waals surface area (Å²) >= 11 is 0. The summed E-state index contributed by atoms with van der Waals surface area (Å²) in [4.78, 5) is 23.8. The van der Waals surface area contributed by atoms with E-state index in [-0.39, 0.29) is 29.7 Å². The SMILES string of the molecule is CNC[C@@H]1NC(=O)CC1C1C[C@H](NC(C)C)CNC1=O. The lowest BCUT2D eigenvalue weighted by Gasteiger charge is -2.35. The highest BCUT2D eigenvalue weighted by Crippen LogP contribution is 2.30. The molecule has 20 heavy (non-hydrogen) atoms. The van der Waals surface area contributed by atoms with Gasteiger partial charge in [0, 0.05) is 49.5 Å². The molecule has 0 aliphatic carbocycles. The average Bonchev–Trinajstić information content (AvgIpc) is 2.72. The molecule has 2 unspecified atom stereocenters. The van der Waals surface area contributed by atoms with E-state index in [2.05, 4.69) is 35.1 Å². The molecule has 0 aromatic heterocycles. The molecule has 114 valence electrons. The minimum Gasteiger partial charge on any atom is -0.354 e. The lowest BCUT2D eigenvalue weighted by atomic mass is 9.79. The Balaban J connectivity index is 2.04. The van der Waals surface area contributed by atoms with E-state index in [1.165, 1.54) is 0 Å². The van der Waals surface area contributed by atoms with Crippen molar-refractivity contribution < 1.29 is 9.59 Å². The van der Waals surface area contributed by atoms with E-state index in [9.17, 15) is 9.59 Å². The third kappa shape index (κ3) is 3.49.